The molecule has 0 aromatic carbocycles. The molecule has 0 saturated heterocycles. The van der Waals surface area contributed by atoms with E-state index in [1.54, 1.807) is 11.3 Å². The number of aryl methyl sites for hydroxylation is 1. The predicted molar refractivity (Wildman–Crippen MR) is 81.5 cm³/mol. The van der Waals surface area contributed by atoms with Crippen LogP contribution in [0.2, 0.25) is 0 Å². The summed E-state index contributed by atoms with van der Waals surface area (Å²) in [5.41, 5.74) is 5.58. The lowest BCUT2D eigenvalue weighted by atomic mass is 10.2. The molecule has 0 spiro atoms. The second-order valence-corrected chi connectivity index (χ2v) is 6.61. The van der Waals surface area contributed by atoms with E-state index in [0.29, 0.717) is 11.7 Å². The number of hydrogen-bond donors (Lipinski definition) is 1. The van der Waals surface area contributed by atoms with Crippen LogP contribution in [-0.4, -0.2) is 28.2 Å². The molecule has 2 aromatic rings. The van der Waals surface area contributed by atoms with Crippen molar-refractivity contribution in [3.63, 3.8) is 0 Å². The maximum Gasteiger partial charge on any atom is 0.227 e. The van der Waals surface area contributed by atoms with Crippen LogP contribution in [0.4, 0.5) is 0 Å². The molecule has 2 rings (SSSR count). The summed E-state index contributed by atoms with van der Waals surface area (Å²) < 4.78 is 5.25. The monoisotopic (exact) mass is 297 g/mol. The highest BCUT2D eigenvalue weighted by molar-refractivity contribution is 7.99. The van der Waals surface area contributed by atoms with Crippen molar-refractivity contribution in [2.75, 3.05) is 18.1 Å². The molecule has 4 nitrogen and oxygen atoms in total. The van der Waals surface area contributed by atoms with Crippen LogP contribution >= 0.6 is 23.1 Å². The molecule has 2 heterocycles. The smallest absolute Gasteiger partial charge is 0.227 e. The van der Waals surface area contributed by atoms with Crippen molar-refractivity contribution >= 4 is 23.1 Å². The number of nitrogens with two attached hydrogens (primary N) is 1. The third-order valence-corrected chi connectivity index (χ3v) is 4.94. The predicted octanol–water partition coefficient (Wildman–Crippen LogP) is 3.06. The van der Waals surface area contributed by atoms with Gasteiger partial charge in [-0.3, -0.25) is 0 Å². The van der Waals surface area contributed by atoms with Gasteiger partial charge in [0, 0.05) is 6.42 Å². The maximum atomic E-state index is 5.58. The molecule has 1 unspecified atom stereocenters. The standard InChI is InChI=1S/C13H19N3OS2/c1-10(8-14)9-18-6-3-5-12-15-13(16-17-12)11-4-2-7-19-11/h2,4,7,10H,3,5-6,8-9,14H2,1H3. The summed E-state index contributed by atoms with van der Waals surface area (Å²) >= 11 is 3.57. The van der Waals surface area contributed by atoms with Gasteiger partial charge in [-0.25, -0.2) is 0 Å². The Balaban J connectivity index is 1.69. The first-order chi connectivity index (χ1) is 9.29. The van der Waals surface area contributed by atoms with E-state index < -0.39 is 0 Å². The molecule has 19 heavy (non-hydrogen) atoms. The van der Waals surface area contributed by atoms with Crippen LogP contribution in [0.3, 0.4) is 0 Å². The third kappa shape index (κ3) is 4.63. The molecule has 0 fully saturated rings. The van der Waals surface area contributed by atoms with Gasteiger partial charge in [-0.2, -0.15) is 16.7 Å². The molecule has 0 aliphatic carbocycles. The Hall–Kier alpha value is -0.850. The maximum absolute atomic E-state index is 5.58. The van der Waals surface area contributed by atoms with Crippen LogP contribution in [0.1, 0.15) is 19.2 Å². The van der Waals surface area contributed by atoms with Crippen LogP contribution in [0, 0.1) is 5.92 Å². The molecule has 0 aliphatic heterocycles. The van der Waals surface area contributed by atoms with Crippen molar-refractivity contribution in [1.29, 1.82) is 0 Å². The van der Waals surface area contributed by atoms with E-state index in [9.17, 15) is 0 Å². The van der Waals surface area contributed by atoms with E-state index >= 15 is 0 Å². The minimum atomic E-state index is 0.596. The highest BCUT2D eigenvalue weighted by Gasteiger charge is 2.09. The van der Waals surface area contributed by atoms with Gasteiger partial charge in [0.15, 0.2) is 0 Å². The minimum absolute atomic E-state index is 0.596. The van der Waals surface area contributed by atoms with Gasteiger partial charge in [0.1, 0.15) is 0 Å². The Morgan fingerprint density at radius 1 is 1.53 bits per heavy atom. The normalized spacial score (nSPS) is 12.7. The summed E-state index contributed by atoms with van der Waals surface area (Å²) in [6.07, 6.45) is 1.91. The Kier molecular flexibility index (Phi) is 5.88. The molecule has 0 radical (unpaired) electrons. The first-order valence-electron chi connectivity index (χ1n) is 6.44. The topological polar surface area (TPSA) is 64.9 Å². The Labute approximate surface area is 121 Å². The highest BCUT2D eigenvalue weighted by Crippen LogP contribution is 2.21. The van der Waals surface area contributed by atoms with Gasteiger partial charge in [-0.1, -0.05) is 18.1 Å². The number of thioether (sulfide) groups is 1. The number of rotatable bonds is 8. The van der Waals surface area contributed by atoms with Crippen molar-refractivity contribution in [2.45, 2.75) is 19.8 Å². The SMILES string of the molecule is CC(CN)CSCCCc1nc(-c2cccs2)no1. The molecular weight excluding hydrogens is 278 g/mol. The summed E-state index contributed by atoms with van der Waals surface area (Å²) in [6.45, 7) is 2.94. The lowest BCUT2D eigenvalue weighted by molar-refractivity contribution is 0.378. The Morgan fingerprint density at radius 2 is 2.42 bits per heavy atom. The van der Waals surface area contributed by atoms with E-state index in [0.717, 1.165) is 41.7 Å². The molecular formula is C13H19N3OS2. The van der Waals surface area contributed by atoms with Crippen LogP contribution < -0.4 is 5.73 Å². The second-order valence-electron chi connectivity index (χ2n) is 4.51. The molecule has 0 aliphatic rings. The Bertz CT molecular complexity index is 470. The van der Waals surface area contributed by atoms with Gasteiger partial charge in [0.25, 0.3) is 0 Å². The quantitative estimate of drug-likeness (QED) is 0.759. The van der Waals surface area contributed by atoms with Gasteiger partial charge in [0.05, 0.1) is 4.88 Å². The number of nitrogens with zero attached hydrogens (tertiary/aromatic N) is 2. The van der Waals surface area contributed by atoms with E-state index in [-0.39, 0.29) is 0 Å². The number of hydrogen-bond acceptors (Lipinski definition) is 6. The first kappa shape index (κ1) is 14.6. The fourth-order valence-corrected chi connectivity index (χ4v) is 3.24. The van der Waals surface area contributed by atoms with Crippen molar-refractivity contribution in [3.05, 3.63) is 23.4 Å². The largest absolute Gasteiger partial charge is 0.339 e. The summed E-state index contributed by atoms with van der Waals surface area (Å²) in [5.74, 6) is 4.27. The minimum Gasteiger partial charge on any atom is -0.339 e. The lowest BCUT2D eigenvalue weighted by Crippen LogP contribution is -2.12. The van der Waals surface area contributed by atoms with Crippen LogP contribution in [-0.2, 0) is 6.42 Å². The third-order valence-electron chi connectivity index (χ3n) is 2.69. The molecule has 0 bridgehead atoms. The van der Waals surface area contributed by atoms with Gasteiger partial charge in [-0.05, 0) is 41.8 Å². The van der Waals surface area contributed by atoms with Gasteiger partial charge < -0.3 is 10.3 Å². The Morgan fingerprint density at radius 3 is 3.16 bits per heavy atom. The summed E-state index contributed by atoms with van der Waals surface area (Å²) in [7, 11) is 0. The van der Waals surface area contributed by atoms with Crippen molar-refractivity contribution in [1.82, 2.24) is 10.1 Å². The average Bonchev–Trinajstić information content (AvgIpc) is 3.08. The lowest BCUT2D eigenvalue weighted by Gasteiger charge is -2.06. The van der Waals surface area contributed by atoms with E-state index in [1.165, 1.54) is 0 Å². The second kappa shape index (κ2) is 7.67. The van der Waals surface area contributed by atoms with Gasteiger partial charge >= 0.3 is 0 Å². The number of thiophene rings is 1. The fourth-order valence-electron chi connectivity index (χ4n) is 1.54. The first-order valence-corrected chi connectivity index (χ1v) is 8.47. The van der Waals surface area contributed by atoms with E-state index in [2.05, 4.69) is 17.1 Å². The fraction of sp³-hybridized carbons (Fsp3) is 0.538. The van der Waals surface area contributed by atoms with E-state index in [1.807, 2.05) is 29.3 Å². The molecule has 1 atom stereocenters. The molecule has 6 heteroatoms. The van der Waals surface area contributed by atoms with Crippen molar-refractivity contribution in [2.24, 2.45) is 11.7 Å². The summed E-state index contributed by atoms with van der Waals surface area (Å²) in [5, 5.41) is 6.01. The van der Waals surface area contributed by atoms with Gasteiger partial charge in [0.2, 0.25) is 11.7 Å². The van der Waals surface area contributed by atoms with E-state index in [4.69, 9.17) is 10.3 Å². The molecule has 2 N–H and O–H groups in total. The van der Waals surface area contributed by atoms with Gasteiger partial charge in [-0.15, -0.1) is 11.3 Å². The average molecular weight is 297 g/mol. The summed E-state index contributed by atoms with van der Waals surface area (Å²) in [4.78, 5) is 5.46. The zero-order valence-electron chi connectivity index (χ0n) is 11.0. The van der Waals surface area contributed by atoms with Crippen LogP contribution in [0.5, 0.6) is 0 Å². The summed E-state index contributed by atoms with van der Waals surface area (Å²) in [6, 6.07) is 3.99. The van der Waals surface area contributed by atoms with Crippen LogP contribution in [0.15, 0.2) is 22.0 Å². The zero-order valence-corrected chi connectivity index (χ0v) is 12.7. The number of aromatic nitrogens is 2. The molecule has 0 amide bonds. The zero-order chi connectivity index (χ0) is 13.5. The van der Waals surface area contributed by atoms with Crippen molar-refractivity contribution < 1.29 is 4.52 Å². The molecule has 0 saturated carbocycles. The highest BCUT2D eigenvalue weighted by atomic mass is 32.2. The molecule has 2 aromatic heterocycles. The van der Waals surface area contributed by atoms with Crippen LogP contribution in [0.25, 0.3) is 10.7 Å². The van der Waals surface area contributed by atoms with Crippen molar-refractivity contribution in [3.8, 4) is 10.7 Å². The molecule has 104 valence electrons.